The number of methoxy groups -OCH3 is 1. The molecule has 0 saturated carbocycles. The van der Waals surface area contributed by atoms with Crippen LogP contribution in [0, 0.1) is 18.3 Å². The molecule has 9 heteroatoms. The lowest BCUT2D eigenvalue weighted by Gasteiger charge is -2.30. The van der Waals surface area contributed by atoms with Gasteiger partial charge < -0.3 is 24.1 Å². The Hall–Kier alpha value is -3.90. The molecule has 3 aromatic rings. The number of likely N-dealkylation sites (tertiary alicyclic amines) is 1. The molecule has 1 N–H and O–H groups in total. The first kappa shape index (κ1) is 22.3. The Bertz CT molecular complexity index is 1200. The molecule has 1 aliphatic rings. The summed E-state index contributed by atoms with van der Waals surface area (Å²) in [5.74, 6) is 0.197. The molecule has 1 fully saturated rings. The van der Waals surface area contributed by atoms with Gasteiger partial charge >= 0.3 is 6.09 Å². The number of amides is 2. The Labute approximate surface area is 190 Å². The van der Waals surface area contributed by atoms with Crippen LogP contribution in [0.2, 0.25) is 0 Å². The summed E-state index contributed by atoms with van der Waals surface area (Å²) in [4.78, 5) is 29.9. The minimum atomic E-state index is -0.338. The molecule has 2 heterocycles. The molecular formula is C24H24N4O5. The van der Waals surface area contributed by atoms with Gasteiger partial charge in [-0.1, -0.05) is 0 Å². The lowest BCUT2D eigenvalue weighted by molar-refractivity contribution is -0.123. The van der Waals surface area contributed by atoms with Gasteiger partial charge in [0.25, 0.3) is 0 Å². The summed E-state index contributed by atoms with van der Waals surface area (Å²) in [6, 6.07) is 12.7. The third kappa shape index (κ3) is 5.13. The number of benzene rings is 2. The van der Waals surface area contributed by atoms with E-state index in [1.807, 2.05) is 19.1 Å². The van der Waals surface area contributed by atoms with Crippen LogP contribution < -0.4 is 5.32 Å². The second-order valence-corrected chi connectivity index (χ2v) is 7.87. The molecule has 0 unspecified atom stereocenters. The molecule has 1 aliphatic heterocycles. The van der Waals surface area contributed by atoms with Crippen molar-refractivity contribution in [2.24, 2.45) is 0 Å². The fourth-order valence-corrected chi connectivity index (χ4v) is 3.81. The Balaban J connectivity index is 1.31. The summed E-state index contributed by atoms with van der Waals surface area (Å²) in [5.41, 5.74) is 4.06. The van der Waals surface area contributed by atoms with Gasteiger partial charge in [-0.05, 0) is 61.7 Å². The molecule has 0 aliphatic carbocycles. The largest absolute Gasteiger partial charge is 0.453 e. The number of rotatable bonds is 5. The summed E-state index contributed by atoms with van der Waals surface area (Å²) >= 11 is 0. The Morgan fingerprint density at radius 2 is 1.97 bits per heavy atom. The standard InChI is InChI=1S/C24H24N4O5/c1-15-11-16(13-25)12-20-22(15)33-23(27-20)17-3-5-18(6-4-17)26-21(29)14-32-19-7-9-28(10-8-19)24(30)31-2/h3-6,11-12,19H,7-10,14H2,1-2H3,(H,26,29). The summed E-state index contributed by atoms with van der Waals surface area (Å²) in [6.45, 7) is 2.92. The van der Waals surface area contributed by atoms with Crippen LogP contribution in [-0.4, -0.2) is 54.8 Å². The van der Waals surface area contributed by atoms with E-state index in [1.165, 1.54) is 7.11 Å². The van der Waals surface area contributed by atoms with Gasteiger partial charge in [0, 0.05) is 24.3 Å². The van der Waals surface area contributed by atoms with Crippen molar-refractivity contribution >= 4 is 28.8 Å². The van der Waals surface area contributed by atoms with Crippen LogP contribution in [0.1, 0.15) is 24.0 Å². The van der Waals surface area contributed by atoms with Gasteiger partial charge in [0.2, 0.25) is 11.8 Å². The molecule has 4 rings (SSSR count). The molecule has 0 atom stereocenters. The van der Waals surface area contributed by atoms with Crippen molar-refractivity contribution in [3.8, 4) is 17.5 Å². The number of nitrogens with one attached hydrogen (secondary N) is 1. The number of aryl methyl sites for hydroxylation is 1. The van der Waals surface area contributed by atoms with E-state index in [2.05, 4.69) is 16.4 Å². The Morgan fingerprint density at radius 1 is 1.24 bits per heavy atom. The van der Waals surface area contributed by atoms with Crippen LogP contribution in [0.3, 0.4) is 0 Å². The van der Waals surface area contributed by atoms with Gasteiger partial charge in [-0.3, -0.25) is 4.79 Å². The first-order valence-electron chi connectivity index (χ1n) is 10.6. The van der Waals surface area contributed by atoms with Gasteiger partial charge in [-0.2, -0.15) is 5.26 Å². The highest BCUT2D eigenvalue weighted by Gasteiger charge is 2.24. The molecule has 1 aromatic heterocycles. The average Bonchev–Trinajstić information content (AvgIpc) is 3.28. The fourth-order valence-electron chi connectivity index (χ4n) is 3.81. The third-order valence-electron chi connectivity index (χ3n) is 5.55. The minimum absolute atomic E-state index is 0.0593. The number of nitrogens with zero attached hydrogens (tertiary/aromatic N) is 3. The predicted molar refractivity (Wildman–Crippen MR) is 120 cm³/mol. The number of piperidine rings is 1. The topological polar surface area (TPSA) is 118 Å². The van der Waals surface area contributed by atoms with Crippen LogP contribution in [0.5, 0.6) is 0 Å². The number of nitriles is 1. The Kier molecular flexibility index (Phi) is 6.56. The van der Waals surface area contributed by atoms with Crippen LogP contribution in [-0.2, 0) is 14.3 Å². The van der Waals surface area contributed by atoms with E-state index in [0.29, 0.717) is 54.2 Å². The van der Waals surface area contributed by atoms with E-state index in [0.717, 1.165) is 11.1 Å². The molecule has 9 nitrogen and oxygen atoms in total. The first-order valence-corrected chi connectivity index (χ1v) is 10.6. The highest BCUT2D eigenvalue weighted by Crippen LogP contribution is 2.28. The molecule has 1 saturated heterocycles. The monoisotopic (exact) mass is 448 g/mol. The van der Waals surface area contributed by atoms with E-state index in [9.17, 15) is 9.59 Å². The maximum atomic E-state index is 12.3. The summed E-state index contributed by atoms with van der Waals surface area (Å²) in [7, 11) is 1.36. The highest BCUT2D eigenvalue weighted by atomic mass is 16.5. The maximum absolute atomic E-state index is 12.3. The van der Waals surface area contributed by atoms with E-state index in [1.54, 1.807) is 29.2 Å². The van der Waals surface area contributed by atoms with Crippen molar-refractivity contribution in [2.75, 3.05) is 32.1 Å². The van der Waals surface area contributed by atoms with Crippen molar-refractivity contribution in [2.45, 2.75) is 25.9 Å². The molecule has 33 heavy (non-hydrogen) atoms. The number of ether oxygens (including phenoxy) is 2. The molecule has 170 valence electrons. The average molecular weight is 448 g/mol. The van der Waals surface area contributed by atoms with Gasteiger partial charge in [0.15, 0.2) is 5.58 Å². The van der Waals surface area contributed by atoms with Crippen LogP contribution in [0.25, 0.3) is 22.6 Å². The van der Waals surface area contributed by atoms with E-state index in [-0.39, 0.29) is 24.7 Å². The smallest absolute Gasteiger partial charge is 0.409 e. The van der Waals surface area contributed by atoms with Crippen LogP contribution in [0.15, 0.2) is 40.8 Å². The van der Waals surface area contributed by atoms with E-state index >= 15 is 0 Å². The number of hydrogen-bond acceptors (Lipinski definition) is 7. The quantitative estimate of drug-likeness (QED) is 0.630. The highest BCUT2D eigenvalue weighted by molar-refractivity contribution is 5.92. The molecule has 0 bridgehead atoms. The zero-order valence-corrected chi connectivity index (χ0v) is 18.5. The SMILES string of the molecule is COC(=O)N1CCC(OCC(=O)Nc2ccc(-c3nc4cc(C#N)cc(C)c4o3)cc2)CC1. The maximum Gasteiger partial charge on any atom is 0.409 e. The Morgan fingerprint density at radius 3 is 2.64 bits per heavy atom. The number of carbonyl (C=O) groups is 2. The second kappa shape index (κ2) is 9.71. The molecule has 0 spiro atoms. The summed E-state index contributed by atoms with van der Waals surface area (Å²) < 4.78 is 16.3. The number of hydrogen-bond donors (Lipinski definition) is 1. The number of fused-ring (bicyclic) bond motifs is 1. The second-order valence-electron chi connectivity index (χ2n) is 7.87. The van der Waals surface area contributed by atoms with Crippen molar-refractivity contribution in [3.63, 3.8) is 0 Å². The number of aromatic nitrogens is 1. The van der Waals surface area contributed by atoms with Gasteiger partial charge in [0.1, 0.15) is 12.1 Å². The molecule has 2 aromatic carbocycles. The third-order valence-corrected chi connectivity index (χ3v) is 5.55. The van der Waals surface area contributed by atoms with Crippen molar-refractivity contribution in [1.29, 1.82) is 5.26 Å². The normalized spacial score (nSPS) is 14.2. The number of anilines is 1. The predicted octanol–water partition coefficient (Wildman–Crippen LogP) is 3.86. The number of carbonyl (C=O) groups excluding carboxylic acids is 2. The minimum Gasteiger partial charge on any atom is -0.453 e. The lowest BCUT2D eigenvalue weighted by Crippen LogP contribution is -2.41. The lowest BCUT2D eigenvalue weighted by atomic mass is 10.1. The van der Waals surface area contributed by atoms with Crippen molar-refractivity contribution in [1.82, 2.24) is 9.88 Å². The van der Waals surface area contributed by atoms with E-state index < -0.39 is 0 Å². The zero-order valence-electron chi connectivity index (χ0n) is 18.5. The summed E-state index contributed by atoms with van der Waals surface area (Å²) in [6.07, 6.45) is 0.922. The van der Waals surface area contributed by atoms with Gasteiger partial charge in [-0.15, -0.1) is 0 Å². The molecule has 2 amide bonds. The first-order chi connectivity index (χ1) is 16.0. The van der Waals surface area contributed by atoms with Gasteiger partial charge in [-0.25, -0.2) is 9.78 Å². The summed E-state index contributed by atoms with van der Waals surface area (Å²) in [5, 5.41) is 11.9. The van der Waals surface area contributed by atoms with Crippen molar-refractivity contribution < 1.29 is 23.5 Å². The number of oxazole rings is 1. The van der Waals surface area contributed by atoms with Gasteiger partial charge in [0.05, 0.1) is 24.8 Å². The van der Waals surface area contributed by atoms with Crippen molar-refractivity contribution in [3.05, 3.63) is 47.5 Å². The fraction of sp³-hybridized carbons (Fsp3) is 0.333. The van der Waals surface area contributed by atoms with E-state index in [4.69, 9.17) is 19.2 Å². The zero-order chi connectivity index (χ0) is 23.4. The molecule has 0 radical (unpaired) electrons. The molecular weight excluding hydrogens is 424 g/mol. The van der Waals surface area contributed by atoms with Crippen LogP contribution >= 0.6 is 0 Å². The van der Waals surface area contributed by atoms with Crippen LogP contribution in [0.4, 0.5) is 10.5 Å².